The number of ether oxygens (including phenoxy) is 2. The van der Waals surface area contributed by atoms with Crippen LogP contribution in [-0.2, 0) is 9.53 Å². The summed E-state index contributed by atoms with van der Waals surface area (Å²) in [5, 5.41) is 4.25. The number of methoxy groups -OCH3 is 1. The van der Waals surface area contributed by atoms with E-state index in [0.29, 0.717) is 19.6 Å². The Morgan fingerprint density at radius 3 is 2.95 bits per heavy atom. The zero-order valence-electron chi connectivity index (χ0n) is 12.6. The number of hydrogen-bond donors (Lipinski definition) is 1. The van der Waals surface area contributed by atoms with Crippen LogP contribution >= 0.6 is 0 Å². The first-order valence-electron chi connectivity index (χ1n) is 7.11. The van der Waals surface area contributed by atoms with Gasteiger partial charge in [-0.25, -0.2) is 0 Å². The highest BCUT2D eigenvalue weighted by Gasteiger charge is 2.14. The second-order valence-electron chi connectivity index (χ2n) is 4.76. The normalized spacial score (nSPS) is 12.3. The maximum Gasteiger partial charge on any atom is 0.307 e. The summed E-state index contributed by atoms with van der Waals surface area (Å²) in [4.78, 5) is 11.3. The number of carbonyl (C=O) groups is 1. The van der Waals surface area contributed by atoms with Crippen molar-refractivity contribution in [1.82, 2.24) is 5.32 Å². The molecular weight excluding hydrogens is 270 g/mol. The Bertz CT molecular complexity index is 605. The monoisotopic (exact) mass is 291 g/mol. The lowest BCUT2D eigenvalue weighted by molar-refractivity contribution is -0.143. The summed E-state index contributed by atoms with van der Waals surface area (Å²) in [6.45, 7) is 4.76. The van der Waals surface area contributed by atoms with Gasteiger partial charge in [0.2, 0.25) is 0 Å². The largest absolute Gasteiger partial charge is 0.493 e. The number of esters is 1. The molecule has 1 heterocycles. The van der Waals surface area contributed by atoms with Crippen molar-refractivity contribution in [3.8, 4) is 5.75 Å². The summed E-state index contributed by atoms with van der Waals surface area (Å²) in [5.74, 6) is 1.35. The van der Waals surface area contributed by atoms with Crippen molar-refractivity contribution in [2.24, 2.45) is 0 Å². The van der Waals surface area contributed by atoms with Crippen LogP contribution in [0.2, 0.25) is 0 Å². The molecule has 0 bridgehead atoms. The van der Waals surface area contributed by atoms with Crippen LogP contribution in [0.15, 0.2) is 28.7 Å². The molecule has 0 aliphatic carbocycles. The molecule has 114 valence electrons. The second kappa shape index (κ2) is 7.13. The van der Waals surface area contributed by atoms with Gasteiger partial charge in [-0.2, -0.15) is 0 Å². The third-order valence-corrected chi connectivity index (χ3v) is 3.26. The number of para-hydroxylation sites is 1. The van der Waals surface area contributed by atoms with Crippen LogP contribution in [0.25, 0.3) is 11.0 Å². The van der Waals surface area contributed by atoms with Crippen molar-refractivity contribution in [1.29, 1.82) is 0 Å². The van der Waals surface area contributed by atoms with Gasteiger partial charge < -0.3 is 19.2 Å². The van der Waals surface area contributed by atoms with Crippen LogP contribution in [0, 0.1) is 0 Å². The maximum absolute atomic E-state index is 11.3. The van der Waals surface area contributed by atoms with Crippen molar-refractivity contribution in [2.45, 2.75) is 26.3 Å². The lowest BCUT2D eigenvalue weighted by atomic mass is 10.2. The Morgan fingerprint density at radius 1 is 1.43 bits per heavy atom. The van der Waals surface area contributed by atoms with E-state index in [1.165, 1.54) is 0 Å². The first-order valence-corrected chi connectivity index (χ1v) is 7.11. The molecule has 21 heavy (non-hydrogen) atoms. The predicted molar refractivity (Wildman–Crippen MR) is 80.4 cm³/mol. The van der Waals surface area contributed by atoms with Crippen molar-refractivity contribution in [2.75, 3.05) is 20.3 Å². The van der Waals surface area contributed by atoms with E-state index in [0.717, 1.165) is 22.5 Å². The van der Waals surface area contributed by atoms with Crippen LogP contribution in [-0.4, -0.2) is 26.2 Å². The molecule has 2 aromatic rings. The average Bonchev–Trinajstić information content (AvgIpc) is 2.91. The summed E-state index contributed by atoms with van der Waals surface area (Å²) in [7, 11) is 1.62. The van der Waals surface area contributed by atoms with Crippen LogP contribution in [0.1, 0.15) is 32.1 Å². The number of furan rings is 1. The summed E-state index contributed by atoms with van der Waals surface area (Å²) in [5.41, 5.74) is 0.744. The van der Waals surface area contributed by atoms with E-state index in [1.807, 2.05) is 31.2 Å². The standard InChI is InChI=1S/C16H21NO4/c1-4-20-15(18)8-9-17-11(2)14-10-12-6-5-7-13(19-3)16(12)21-14/h5-7,10-11,17H,4,8-9H2,1-3H3. The zero-order chi connectivity index (χ0) is 15.2. The van der Waals surface area contributed by atoms with Gasteiger partial charge in [-0.15, -0.1) is 0 Å². The molecule has 1 unspecified atom stereocenters. The third kappa shape index (κ3) is 3.76. The molecule has 1 aromatic heterocycles. The molecule has 5 heteroatoms. The Balaban J connectivity index is 1.99. The number of fused-ring (bicyclic) bond motifs is 1. The van der Waals surface area contributed by atoms with Crippen molar-refractivity contribution in [3.63, 3.8) is 0 Å². The number of hydrogen-bond acceptors (Lipinski definition) is 5. The van der Waals surface area contributed by atoms with Gasteiger partial charge in [0, 0.05) is 11.9 Å². The summed E-state index contributed by atoms with van der Waals surface area (Å²) >= 11 is 0. The molecule has 0 aliphatic heterocycles. The van der Waals surface area contributed by atoms with E-state index in [4.69, 9.17) is 13.9 Å². The molecule has 0 saturated heterocycles. The number of benzene rings is 1. The first-order chi connectivity index (χ1) is 10.2. The fourth-order valence-electron chi connectivity index (χ4n) is 2.15. The van der Waals surface area contributed by atoms with Crippen LogP contribution in [0.4, 0.5) is 0 Å². The highest BCUT2D eigenvalue weighted by atomic mass is 16.5. The average molecular weight is 291 g/mol. The smallest absolute Gasteiger partial charge is 0.307 e. The van der Waals surface area contributed by atoms with Crippen molar-refractivity contribution in [3.05, 3.63) is 30.0 Å². The molecule has 0 fully saturated rings. The molecule has 1 N–H and O–H groups in total. The fourth-order valence-corrected chi connectivity index (χ4v) is 2.15. The lowest BCUT2D eigenvalue weighted by Gasteiger charge is -2.10. The molecule has 0 aliphatic rings. The number of nitrogens with one attached hydrogen (secondary N) is 1. The zero-order valence-corrected chi connectivity index (χ0v) is 12.6. The molecule has 5 nitrogen and oxygen atoms in total. The van der Waals surface area contributed by atoms with Crippen LogP contribution in [0.3, 0.4) is 0 Å². The second-order valence-corrected chi connectivity index (χ2v) is 4.76. The number of carbonyl (C=O) groups excluding carboxylic acids is 1. The van der Waals surface area contributed by atoms with E-state index in [1.54, 1.807) is 14.0 Å². The SMILES string of the molecule is CCOC(=O)CCNC(C)c1cc2cccc(OC)c2o1. The molecule has 1 atom stereocenters. The lowest BCUT2D eigenvalue weighted by Crippen LogP contribution is -2.22. The van der Waals surface area contributed by atoms with Gasteiger partial charge in [0.25, 0.3) is 0 Å². The van der Waals surface area contributed by atoms with Gasteiger partial charge >= 0.3 is 5.97 Å². The van der Waals surface area contributed by atoms with Crippen molar-refractivity contribution < 1.29 is 18.7 Å². The Kier molecular flexibility index (Phi) is 5.22. The number of rotatable bonds is 7. The molecule has 0 saturated carbocycles. The molecule has 1 aromatic carbocycles. The minimum Gasteiger partial charge on any atom is -0.493 e. The molecule has 0 spiro atoms. The summed E-state index contributed by atoms with van der Waals surface area (Å²) in [6.07, 6.45) is 0.349. The minimum atomic E-state index is -0.191. The summed E-state index contributed by atoms with van der Waals surface area (Å²) < 4.78 is 16.0. The van der Waals surface area contributed by atoms with Gasteiger partial charge in [0.1, 0.15) is 5.76 Å². The van der Waals surface area contributed by atoms with Gasteiger partial charge in [-0.1, -0.05) is 12.1 Å². The summed E-state index contributed by atoms with van der Waals surface area (Å²) in [6, 6.07) is 7.78. The van der Waals surface area contributed by atoms with E-state index in [-0.39, 0.29) is 12.0 Å². The van der Waals surface area contributed by atoms with E-state index in [2.05, 4.69) is 5.32 Å². The van der Waals surface area contributed by atoms with E-state index in [9.17, 15) is 4.79 Å². The van der Waals surface area contributed by atoms with Crippen LogP contribution < -0.4 is 10.1 Å². The Hall–Kier alpha value is -2.01. The molecular formula is C16H21NO4. The highest BCUT2D eigenvalue weighted by Crippen LogP contribution is 2.30. The highest BCUT2D eigenvalue weighted by molar-refractivity contribution is 5.83. The Labute approximate surface area is 124 Å². The van der Waals surface area contributed by atoms with Gasteiger partial charge in [-0.05, 0) is 26.0 Å². The molecule has 0 amide bonds. The third-order valence-electron chi connectivity index (χ3n) is 3.26. The minimum absolute atomic E-state index is 0.0107. The van der Waals surface area contributed by atoms with E-state index < -0.39 is 0 Å². The van der Waals surface area contributed by atoms with E-state index >= 15 is 0 Å². The maximum atomic E-state index is 11.3. The topological polar surface area (TPSA) is 60.7 Å². The first kappa shape index (κ1) is 15.4. The van der Waals surface area contributed by atoms with Gasteiger partial charge in [-0.3, -0.25) is 4.79 Å². The molecule has 0 radical (unpaired) electrons. The Morgan fingerprint density at radius 2 is 2.24 bits per heavy atom. The predicted octanol–water partition coefficient (Wildman–Crippen LogP) is 3.05. The van der Waals surface area contributed by atoms with Crippen LogP contribution in [0.5, 0.6) is 5.75 Å². The van der Waals surface area contributed by atoms with Gasteiger partial charge in [0.15, 0.2) is 11.3 Å². The van der Waals surface area contributed by atoms with Gasteiger partial charge in [0.05, 0.1) is 26.2 Å². The quantitative estimate of drug-likeness (QED) is 0.794. The fraction of sp³-hybridized carbons (Fsp3) is 0.438. The molecule has 2 rings (SSSR count). The van der Waals surface area contributed by atoms with Crippen molar-refractivity contribution >= 4 is 16.9 Å².